The van der Waals surface area contributed by atoms with Crippen molar-refractivity contribution in [3.63, 3.8) is 0 Å². The first-order valence-corrected chi connectivity index (χ1v) is 8.63. The number of carbonyl (C=O) groups is 2. The highest BCUT2D eigenvalue weighted by atomic mass is 127. The number of hydrogen-bond donors (Lipinski definition) is 2. The molecule has 10 heteroatoms. The minimum atomic E-state index is -1.07. The molecule has 2 rings (SSSR count). The predicted octanol–water partition coefficient (Wildman–Crippen LogP) is 2.36. The Morgan fingerprint density at radius 1 is 1.30 bits per heavy atom. The average Bonchev–Trinajstić information content (AvgIpc) is 2.61. The van der Waals surface area contributed by atoms with E-state index in [1.165, 1.54) is 24.4 Å². The van der Waals surface area contributed by atoms with Crippen LogP contribution in [0.2, 0.25) is 0 Å². The van der Waals surface area contributed by atoms with Crippen LogP contribution in [0.4, 0.5) is 5.69 Å². The van der Waals surface area contributed by atoms with E-state index in [1.807, 2.05) is 22.6 Å². The molecule has 2 aromatic rings. The third-order valence-electron chi connectivity index (χ3n) is 3.25. The van der Waals surface area contributed by atoms with Gasteiger partial charge in [0.2, 0.25) is 5.91 Å². The predicted molar refractivity (Wildman–Crippen MR) is 105 cm³/mol. The van der Waals surface area contributed by atoms with Crippen molar-refractivity contribution < 1.29 is 24.4 Å². The molecule has 0 unspecified atom stereocenters. The molecule has 0 aromatic heterocycles. The smallest absolute Gasteiger partial charge is 0.341 e. The molecule has 9 nitrogen and oxygen atoms in total. The average molecular weight is 483 g/mol. The van der Waals surface area contributed by atoms with Gasteiger partial charge in [-0.2, -0.15) is 5.10 Å². The molecule has 0 fully saturated rings. The largest absolute Gasteiger partial charge is 0.481 e. The normalized spacial score (nSPS) is 10.6. The Bertz CT molecular complexity index is 900. The molecule has 0 radical (unpaired) electrons. The number of halogens is 1. The molecule has 0 heterocycles. The summed E-state index contributed by atoms with van der Waals surface area (Å²) in [5, 5.41) is 23.4. The molecule has 0 aliphatic carbocycles. The zero-order valence-electron chi connectivity index (χ0n) is 13.8. The van der Waals surface area contributed by atoms with Crippen LogP contribution in [0.5, 0.6) is 5.75 Å². The molecular weight excluding hydrogens is 469 g/mol. The lowest BCUT2D eigenvalue weighted by atomic mass is 10.1. The second-order valence-corrected chi connectivity index (χ2v) is 6.39. The molecule has 27 heavy (non-hydrogen) atoms. The summed E-state index contributed by atoms with van der Waals surface area (Å²) >= 11 is 1.99. The summed E-state index contributed by atoms with van der Waals surface area (Å²) in [6, 6.07) is 11.0. The SMILES string of the molecule is O=C(O)COc1ccc(/C=N/NC(=O)Cc2ccccc2[N+](=O)[O-])cc1I. The van der Waals surface area contributed by atoms with Crippen LogP contribution in [-0.4, -0.2) is 34.7 Å². The number of para-hydroxylation sites is 1. The molecule has 0 spiro atoms. The fourth-order valence-corrected chi connectivity index (χ4v) is 2.78. The van der Waals surface area contributed by atoms with Crippen molar-refractivity contribution in [3.8, 4) is 5.75 Å². The van der Waals surface area contributed by atoms with Gasteiger partial charge in [0.25, 0.3) is 5.69 Å². The van der Waals surface area contributed by atoms with Gasteiger partial charge in [0, 0.05) is 11.6 Å². The van der Waals surface area contributed by atoms with Crippen LogP contribution in [0.25, 0.3) is 0 Å². The summed E-state index contributed by atoms with van der Waals surface area (Å²) in [6.45, 7) is -0.439. The van der Waals surface area contributed by atoms with Gasteiger partial charge in [-0.05, 0) is 46.4 Å². The third kappa shape index (κ3) is 6.33. The number of benzene rings is 2. The van der Waals surface area contributed by atoms with Crippen LogP contribution < -0.4 is 10.2 Å². The van der Waals surface area contributed by atoms with Gasteiger partial charge in [-0.25, -0.2) is 10.2 Å². The number of hydrogen-bond acceptors (Lipinski definition) is 6. The lowest BCUT2D eigenvalue weighted by molar-refractivity contribution is -0.385. The van der Waals surface area contributed by atoms with Crippen LogP contribution in [0.15, 0.2) is 47.6 Å². The van der Waals surface area contributed by atoms with Crippen molar-refractivity contribution in [2.75, 3.05) is 6.61 Å². The van der Waals surface area contributed by atoms with E-state index in [2.05, 4.69) is 10.5 Å². The molecule has 2 aromatic carbocycles. The van der Waals surface area contributed by atoms with Crippen molar-refractivity contribution in [2.45, 2.75) is 6.42 Å². The van der Waals surface area contributed by atoms with E-state index < -0.39 is 23.4 Å². The number of carboxylic acid groups (broad SMARTS) is 1. The maximum Gasteiger partial charge on any atom is 0.341 e. The number of carboxylic acids is 1. The van der Waals surface area contributed by atoms with E-state index in [0.29, 0.717) is 20.4 Å². The van der Waals surface area contributed by atoms with E-state index in [-0.39, 0.29) is 12.1 Å². The highest BCUT2D eigenvalue weighted by Crippen LogP contribution is 2.21. The highest BCUT2D eigenvalue weighted by Gasteiger charge is 2.15. The summed E-state index contributed by atoms with van der Waals surface area (Å²) < 4.78 is 5.80. The number of nitro benzene ring substituents is 1. The lowest BCUT2D eigenvalue weighted by Crippen LogP contribution is -2.20. The number of nitrogens with zero attached hydrogens (tertiary/aromatic N) is 2. The molecule has 2 N–H and O–H groups in total. The maximum atomic E-state index is 11.9. The molecule has 0 saturated carbocycles. The standard InChI is InChI=1S/C17H14IN3O6/c18-13-7-11(5-6-15(13)27-10-17(23)24)9-19-20-16(22)8-12-3-1-2-4-14(12)21(25)26/h1-7,9H,8,10H2,(H,20,22)(H,23,24)/b19-9+. The van der Waals surface area contributed by atoms with Crippen molar-refractivity contribution in [3.05, 3.63) is 67.3 Å². The zero-order chi connectivity index (χ0) is 19.8. The van der Waals surface area contributed by atoms with Crippen LogP contribution in [0, 0.1) is 13.7 Å². The van der Waals surface area contributed by atoms with Crippen LogP contribution in [-0.2, 0) is 16.0 Å². The molecule has 0 atom stereocenters. The van der Waals surface area contributed by atoms with E-state index >= 15 is 0 Å². The first-order valence-electron chi connectivity index (χ1n) is 7.55. The Balaban J connectivity index is 1.95. The number of hydrazone groups is 1. The number of rotatable bonds is 8. The van der Waals surface area contributed by atoms with E-state index in [4.69, 9.17) is 9.84 Å². The van der Waals surface area contributed by atoms with Gasteiger partial charge in [-0.1, -0.05) is 18.2 Å². The summed E-state index contributed by atoms with van der Waals surface area (Å²) in [5.41, 5.74) is 3.15. The molecule has 0 aliphatic rings. The Morgan fingerprint density at radius 2 is 2.04 bits per heavy atom. The van der Waals surface area contributed by atoms with Gasteiger partial charge < -0.3 is 9.84 Å². The summed E-state index contributed by atoms with van der Waals surface area (Å²) in [6.07, 6.45) is 1.23. The first kappa shape index (κ1) is 20.3. The van der Waals surface area contributed by atoms with Crippen molar-refractivity contribution in [1.29, 1.82) is 0 Å². The second kappa shape index (κ2) is 9.62. The third-order valence-corrected chi connectivity index (χ3v) is 4.09. The topological polar surface area (TPSA) is 131 Å². The van der Waals surface area contributed by atoms with Crippen molar-refractivity contribution in [1.82, 2.24) is 5.43 Å². The number of carbonyl (C=O) groups excluding carboxylic acids is 1. The van der Waals surface area contributed by atoms with E-state index in [0.717, 1.165) is 0 Å². The molecule has 0 bridgehead atoms. The van der Waals surface area contributed by atoms with Gasteiger partial charge >= 0.3 is 5.97 Å². The number of nitro groups is 1. The van der Waals surface area contributed by atoms with Gasteiger partial charge in [0.05, 0.1) is 21.1 Å². The minimum Gasteiger partial charge on any atom is -0.481 e. The van der Waals surface area contributed by atoms with Crippen molar-refractivity contribution >= 4 is 46.4 Å². The molecule has 140 valence electrons. The van der Waals surface area contributed by atoms with Gasteiger partial charge in [0.15, 0.2) is 6.61 Å². The molecule has 0 aliphatic heterocycles. The number of amides is 1. The lowest BCUT2D eigenvalue weighted by Gasteiger charge is -2.06. The van der Waals surface area contributed by atoms with Crippen LogP contribution >= 0.6 is 22.6 Å². The quantitative estimate of drug-likeness (QED) is 0.257. The monoisotopic (exact) mass is 483 g/mol. The van der Waals surface area contributed by atoms with Gasteiger partial charge in [-0.3, -0.25) is 14.9 Å². The Morgan fingerprint density at radius 3 is 2.70 bits per heavy atom. The fraction of sp³-hybridized carbons (Fsp3) is 0.118. The first-order chi connectivity index (χ1) is 12.9. The Kier molecular flexibility index (Phi) is 7.23. The Labute approximate surface area is 167 Å². The highest BCUT2D eigenvalue weighted by molar-refractivity contribution is 14.1. The summed E-state index contributed by atoms with van der Waals surface area (Å²) in [5.74, 6) is -1.13. The number of aliphatic carboxylic acids is 1. The number of nitrogens with one attached hydrogen (secondary N) is 1. The zero-order valence-corrected chi connectivity index (χ0v) is 16.0. The van der Waals surface area contributed by atoms with Gasteiger partial charge in [0.1, 0.15) is 5.75 Å². The minimum absolute atomic E-state index is 0.122. The van der Waals surface area contributed by atoms with E-state index in [9.17, 15) is 19.7 Å². The van der Waals surface area contributed by atoms with Crippen LogP contribution in [0.1, 0.15) is 11.1 Å². The summed E-state index contributed by atoms with van der Waals surface area (Å²) in [4.78, 5) is 32.8. The second-order valence-electron chi connectivity index (χ2n) is 5.23. The molecule has 0 saturated heterocycles. The maximum absolute atomic E-state index is 11.9. The van der Waals surface area contributed by atoms with Gasteiger partial charge in [-0.15, -0.1) is 0 Å². The Hall–Kier alpha value is -3.02. The van der Waals surface area contributed by atoms with Crippen LogP contribution in [0.3, 0.4) is 0 Å². The fourth-order valence-electron chi connectivity index (χ4n) is 2.08. The van der Waals surface area contributed by atoms with E-state index in [1.54, 1.807) is 24.3 Å². The number of ether oxygens (including phenoxy) is 1. The summed E-state index contributed by atoms with van der Waals surface area (Å²) in [7, 11) is 0. The van der Waals surface area contributed by atoms with Crippen molar-refractivity contribution in [2.24, 2.45) is 5.10 Å². The molecular formula is C17H14IN3O6. The molecule has 1 amide bonds.